The molecular formula is C15H21N3O2S. The van der Waals surface area contributed by atoms with Crippen LogP contribution in [0.4, 0.5) is 0 Å². The van der Waals surface area contributed by atoms with Crippen LogP contribution in [0.5, 0.6) is 0 Å². The Bertz CT molecular complexity index is 751. The van der Waals surface area contributed by atoms with Crippen LogP contribution >= 0.6 is 0 Å². The number of benzene rings is 1. The summed E-state index contributed by atoms with van der Waals surface area (Å²) in [6.45, 7) is 2.54. The highest BCUT2D eigenvalue weighted by molar-refractivity contribution is 7.92. The van der Waals surface area contributed by atoms with Crippen molar-refractivity contribution in [3.05, 3.63) is 30.1 Å². The highest BCUT2D eigenvalue weighted by Gasteiger charge is 2.31. The first-order chi connectivity index (χ1) is 9.99. The number of imidazole rings is 1. The van der Waals surface area contributed by atoms with Gasteiger partial charge in [0.05, 0.1) is 28.1 Å². The molecule has 0 radical (unpaired) electrons. The molecule has 0 saturated carbocycles. The average Bonchev–Trinajstić information content (AvgIpc) is 2.97. The van der Waals surface area contributed by atoms with Crippen molar-refractivity contribution in [2.75, 3.05) is 12.3 Å². The van der Waals surface area contributed by atoms with Crippen LogP contribution in [0.3, 0.4) is 0 Å². The van der Waals surface area contributed by atoms with Crippen molar-refractivity contribution < 1.29 is 8.42 Å². The summed E-state index contributed by atoms with van der Waals surface area (Å²) >= 11 is 0. The Morgan fingerprint density at radius 3 is 2.86 bits per heavy atom. The number of rotatable bonds is 4. The van der Waals surface area contributed by atoms with Gasteiger partial charge in [0.2, 0.25) is 0 Å². The van der Waals surface area contributed by atoms with Crippen LogP contribution in [0.2, 0.25) is 0 Å². The minimum atomic E-state index is -2.89. The van der Waals surface area contributed by atoms with Crippen LogP contribution in [0.1, 0.15) is 31.6 Å². The lowest BCUT2D eigenvalue weighted by molar-refractivity contribution is 0.513. The van der Waals surface area contributed by atoms with Gasteiger partial charge >= 0.3 is 0 Å². The monoisotopic (exact) mass is 307 g/mol. The van der Waals surface area contributed by atoms with E-state index < -0.39 is 9.84 Å². The van der Waals surface area contributed by atoms with Crippen LogP contribution in [0.25, 0.3) is 11.0 Å². The lowest BCUT2D eigenvalue weighted by Crippen LogP contribution is -2.33. The normalized spacial score (nSPS) is 22.7. The quantitative estimate of drug-likeness (QED) is 0.935. The maximum Gasteiger partial charge on any atom is 0.154 e. The number of sulfone groups is 1. The first kappa shape index (κ1) is 14.5. The summed E-state index contributed by atoms with van der Waals surface area (Å²) in [5.74, 6) is 1.27. The molecule has 0 spiro atoms. The van der Waals surface area contributed by atoms with Gasteiger partial charge in [-0.2, -0.15) is 0 Å². The molecule has 1 fully saturated rings. The molecule has 0 aliphatic carbocycles. The van der Waals surface area contributed by atoms with E-state index in [0.29, 0.717) is 12.3 Å². The molecule has 0 bridgehead atoms. The van der Waals surface area contributed by atoms with E-state index in [4.69, 9.17) is 0 Å². The minimum Gasteiger partial charge on any atom is -0.330 e. The Morgan fingerprint density at radius 2 is 2.19 bits per heavy atom. The van der Waals surface area contributed by atoms with Crippen LogP contribution in [-0.2, 0) is 16.9 Å². The third-order valence-electron chi connectivity index (χ3n) is 4.32. The van der Waals surface area contributed by atoms with E-state index in [1.54, 1.807) is 0 Å². The number of aromatic nitrogens is 2. The number of hydrogen-bond donors (Lipinski definition) is 1. The lowest BCUT2D eigenvalue weighted by Gasteiger charge is -2.16. The van der Waals surface area contributed by atoms with Gasteiger partial charge in [0, 0.05) is 13.6 Å². The minimum absolute atomic E-state index is 0.0261. The third kappa shape index (κ3) is 2.70. The van der Waals surface area contributed by atoms with Crippen molar-refractivity contribution in [3.8, 4) is 0 Å². The first-order valence-electron chi connectivity index (χ1n) is 7.35. The van der Waals surface area contributed by atoms with Gasteiger partial charge in [-0.05, 0) is 31.9 Å². The van der Waals surface area contributed by atoms with Crippen molar-refractivity contribution in [1.29, 1.82) is 0 Å². The fourth-order valence-electron chi connectivity index (χ4n) is 3.04. The summed E-state index contributed by atoms with van der Waals surface area (Å²) in [5, 5.41) is 3.09. The van der Waals surface area contributed by atoms with Gasteiger partial charge in [0.15, 0.2) is 9.84 Å². The van der Waals surface area contributed by atoms with Gasteiger partial charge in [-0.3, -0.25) is 0 Å². The van der Waals surface area contributed by atoms with E-state index >= 15 is 0 Å². The second-order valence-electron chi connectivity index (χ2n) is 5.78. The smallest absolute Gasteiger partial charge is 0.154 e. The summed E-state index contributed by atoms with van der Waals surface area (Å²) < 4.78 is 25.8. The molecule has 1 saturated heterocycles. The van der Waals surface area contributed by atoms with Crippen LogP contribution in [0, 0.1) is 0 Å². The SMILES string of the molecule is CC(NCC1CCCS1(=O)=O)c1nc2ccccc2n1C. The second-order valence-corrected chi connectivity index (χ2v) is 8.18. The molecule has 2 atom stereocenters. The molecule has 2 aromatic rings. The van der Waals surface area contributed by atoms with Crippen LogP contribution in [0.15, 0.2) is 24.3 Å². The molecule has 3 rings (SSSR count). The van der Waals surface area contributed by atoms with Gasteiger partial charge in [-0.1, -0.05) is 12.1 Å². The maximum atomic E-state index is 11.9. The predicted octanol–water partition coefficient (Wildman–Crippen LogP) is 1.80. The Labute approximate surface area is 125 Å². The second kappa shape index (κ2) is 5.42. The van der Waals surface area contributed by atoms with Crippen molar-refractivity contribution in [3.63, 3.8) is 0 Å². The summed E-state index contributed by atoms with van der Waals surface area (Å²) in [7, 11) is -0.894. The molecule has 21 heavy (non-hydrogen) atoms. The summed E-state index contributed by atoms with van der Waals surface area (Å²) in [6.07, 6.45) is 1.56. The number of nitrogens with one attached hydrogen (secondary N) is 1. The largest absolute Gasteiger partial charge is 0.330 e. The van der Waals surface area contributed by atoms with Gasteiger partial charge < -0.3 is 9.88 Å². The van der Waals surface area contributed by atoms with Gasteiger partial charge in [0.25, 0.3) is 0 Å². The molecule has 2 heterocycles. The zero-order valence-electron chi connectivity index (χ0n) is 12.4. The molecule has 0 amide bonds. The number of aryl methyl sites for hydroxylation is 1. The van der Waals surface area contributed by atoms with E-state index in [0.717, 1.165) is 29.7 Å². The zero-order valence-corrected chi connectivity index (χ0v) is 13.2. The third-order valence-corrected chi connectivity index (χ3v) is 6.60. The Hall–Kier alpha value is -1.40. The Morgan fingerprint density at radius 1 is 1.43 bits per heavy atom. The number of hydrogen-bond acceptors (Lipinski definition) is 4. The highest BCUT2D eigenvalue weighted by Crippen LogP contribution is 2.22. The van der Waals surface area contributed by atoms with Crippen molar-refractivity contribution in [2.45, 2.75) is 31.1 Å². The summed E-state index contributed by atoms with van der Waals surface area (Å²) in [4.78, 5) is 4.64. The molecule has 5 nitrogen and oxygen atoms in total. The zero-order chi connectivity index (χ0) is 15.0. The molecule has 1 N–H and O–H groups in total. The molecular weight excluding hydrogens is 286 g/mol. The Kier molecular flexibility index (Phi) is 3.75. The van der Waals surface area contributed by atoms with E-state index in [1.807, 2.05) is 38.2 Å². The average molecular weight is 307 g/mol. The Balaban J connectivity index is 1.75. The van der Waals surface area contributed by atoms with Gasteiger partial charge in [-0.15, -0.1) is 0 Å². The molecule has 1 aromatic heterocycles. The molecule has 1 aliphatic rings. The lowest BCUT2D eigenvalue weighted by atomic mass is 10.2. The fraction of sp³-hybridized carbons (Fsp3) is 0.533. The fourth-order valence-corrected chi connectivity index (χ4v) is 4.82. The van der Waals surface area contributed by atoms with Crippen LogP contribution in [-0.4, -0.2) is 35.5 Å². The summed E-state index contributed by atoms with van der Waals surface area (Å²) in [5.41, 5.74) is 2.06. The number of fused-ring (bicyclic) bond motifs is 1. The molecule has 1 aliphatic heterocycles. The van der Waals surface area contributed by atoms with E-state index in [2.05, 4.69) is 14.9 Å². The first-order valence-corrected chi connectivity index (χ1v) is 9.07. The number of para-hydroxylation sites is 2. The highest BCUT2D eigenvalue weighted by atomic mass is 32.2. The summed E-state index contributed by atoms with van der Waals surface area (Å²) in [6, 6.07) is 8.03. The number of nitrogens with zero attached hydrogens (tertiary/aromatic N) is 2. The van der Waals surface area contributed by atoms with Crippen LogP contribution < -0.4 is 5.32 Å². The predicted molar refractivity (Wildman–Crippen MR) is 83.9 cm³/mol. The topological polar surface area (TPSA) is 64.0 Å². The van der Waals surface area contributed by atoms with E-state index in [-0.39, 0.29) is 11.3 Å². The van der Waals surface area contributed by atoms with Crippen molar-refractivity contribution in [1.82, 2.24) is 14.9 Å². The molecule has 2 unspecified atom stereocenters. The molecule has 6 heteroatoms. The maximum absolute atomic E-state index is 11.9. The molecule has 1 aromatic carbocycles. The van der Waals surface area contributed by atoms with Crippen molar-refractivity contribution in [2.24, 2.45) is 7.05 Å². The standard InChI is InChI=1S/C15H21N3O2S/c1-11(16-10-12-6-5-9-21(12,19)20)15-17-13-7-3-4-8-14(13)18(15)2/h3-4,7-8,11-12,16H,5-6,9-10H2,1-2H3. The molecule has 114 valence electrons. The van der Waals surface area contributed by atoms with Gasteiger partial charge in [-0.25, -0.2) is 13.4 Å². The van der Waals surface area contributed by atoms with E-state index in [1.165, 1.54) is 0 Å². The van der Waals surface area contributed by atoms with E-state index in [9.17, 15) is 8.42 Å². The van der Waals surface area contributed by atoms with Gasteiger partial charge in [0.1, 0.15) is 5.82 Å². The van der Waals surface area contributed by atoms with Crippen molar-refractivity contribution >= 4 is 20.9 Å².